The van der Waals surface area contributed by atoms with Gasteiger partial charge in [-0.2, -0.15) is 0 Å². The Morgan fingerprint density at radius 3 is 2.94 bits per heavy atom. The van der Waals surface area contributed by atoms with Crippen molar-refractivity contribution in [1.29, 1.82) is 0 Å². The third-order valence-corrected chi connectivity index (χ3v) is 3.15. The molecule has 1 unspecified atom stereocenters. The summed E-state index contributed by atoms with van der Waals surface area (Å²) in [6.45, 7) is 4.30. The molecule has 100 valence electrons. The SMILES string of the molecule is CCC(CO)NCc1cccc2c1OCCCO2. The highest BCUT2D eigenvalue weighted by Gasteiger charge is 2.14. The lowest BCUT2D eigenvalue weighted by Gasteiger charge is -2.17. The van der Waals surface area contributed by atoms with Gasteiger partial charge in [0.1, 0.15) is 0 Å². The fraction of sp³-hybridized carbons (Fsp3) is 0.571. The van der Waals surface area contributed by atoms with E-state index in [1.54, 1.807) is 0 Å². The Hall–Kier alpha value is -1.26. The molecule has 0 bridgehead atoms. The molecule has 0 saturated heterocycles. The number of aliphatic hydroxyl groups is 1. The quantitative estimate of drug-likeness (QED) is 0.836. The first-order chi connectivity index (χ1) is 8.85. The van der Waals surface area contributed by atoms with Gasteiger partial charge in [0, 0.05) is 24.6 Å². The largest absolute Gasteiger partial charge is 0.490 e. The summed E-state index contributed by atoms with van der Waals surface area (Å²) in [5.74, 6) is 1.67. The summed E-state index contributed by atoms with van der Waals surface area (Å²) < 4.78 is 11.4. The van der Waals surface area contributed by atoms with E-state index in [4.69, 9.17) is 14.6 Å². The Labute approximate surface area is 108 Å². The van der Waals surface area contributed by atoms with Crippen LogP contribution in [-0.2, 0) is 6.54 Å². The van der Waals surface area contributed by atoms with E-state index in [1.165, 1.54) is 0 Å². The number of fused-ring (bicyclic) bond motifs is 1. The van der Waals surface area contributed by atoms with Crippen LogP contribution in [-0.4, -0.2) is 31.0 Å². The molecule has 0 fully saturated rings. The third kappa shape index (κ3) is 3.15. The van der Waals surface area contributed by atoms with Crippen molar-refractivity contribution in [3.05, 3.63) is 23.8 Å². The maximum absolute atomic E-state index is 9.17. The Balaban J connectivity index is 2.08. The van der Waals surface area contributed by atoms with E-state index in [0.717, 1.165) is 29.9 Å². The average Bonchev–Trinajstić information content (AvgIpc) is 2.65. The molecule has 4 nitrogen and oxygen atoms in total. The zero-order valence-corrected chi connectivity index (χ0v) is 10.8. The van der Waals surface area contributed by atoms with Gasteiger partial charge < -0.3 is 19.9 Å². The summed E-state index contributed by atoms with van der Waals surface area (Å²) in [5, 5.41) is 12.5. The number of benzene rings is 1. The van der Waals surface area contributed by atoms with Crippen LogP contribution in [0.5, 0.6) is 11.5 Å². The highest BCUT2D eigenvalue weighted by molar-refractivity contribution is 5.47. The zero-order chi connectivity index (χ0) is 12.8. The lowest BCUT2D eigenvalue weighted by atomic mass is 10.1. The minimum atomic E-state index is 0.132. The highest BCUT2D eigenvalue weighted by atomic mass is 16.5. The van der Waals surface area contributed by atoms with Crippen LogP contribution in [0.25, 0.3) is 0 Å². The van der Waals surface area contributed by atoms with E-state index < -0.39 is 0 Å². The third-order valence-electron chi connectivity index (χ3n) is 3.15. The van der Waals surface area contributed by atoms with Gasteiger partial charge in [-0.25, -0.2) is 0 Å². The predicted molar refractivity (Wildman–Crippen MR) is 70.1 cm³/mol. The average molecular weight is 251 g/mol. The Morgan fingerprint density at radius 2 is 2.17 bits per heavy atom. The number of nitrogens with one attached hydrogen (secondary N) is 1. The maximum atomic E-state index is 9.17. The van der Waals surface area contributed by atoms with Crippen molar-refractivity contribution in [3.63, 3.8) is 0 Å². The molecule has 1 aromatic carbocycles. The number of aliphatic hydroxyl groups excluding tert-OH is 1. The van der Waals surface area contributed by atoms with Crippen molar-refractivity contribution >= 4 is 0 Å². The molecule has 2 rings (SSSR count). The molecule has 0 saturated carbocycles. The van der Waals surface area contributed by atoms with Crippen molar-refractivity contribution in [2.24, 2.45) is 0 Å². The van der Waals surface area contributed by atoms with Gasteiger partial charge in [-0.1, -0.05) is 19.1 Å². The molecule has 4 heteroatoms. The molecule has 0 amide bonds. The van der Waals surface area contributed by atoms with Crippen molar-refractivity contribution < 1.29 is 14.6 Å². The number of rotatable bonds is 5. The fourth-order valence-electron chi connectivity index (χ4n) is 1.99. The number of para-hydroxylation sites is 1. The van der Waals surface area contributed by atoms with Crippen LogP contribution in [0.1, 0.15) is 25.3 Å². The first kappa shape index (κ1) is 13.2. The van der Waals surface area contributed by atoms with E-state index in [9.17, 15) is 0 Å². The normalized spacial score (nSPS) is 16.1. The fourth-order valence-corrected chi connectivity index (χ4v) is 1.99. The minimum absolute atomic E-state index is 0.132. The molecule has 1 aliphatic rings. The predicted octanol–water partition coefficient (Wildman–Crippen LogP) is 1.71. The molecular formula is C14H21NO3. The van der Waals surface area contributed by atoms with Crippen molar-refractivity contribution in [3.8, 4) is 11.5 Å². The molecule has 0 aromatic heterocycles. The molecule has 1 aromatic rings. The first-order valence-corrected chi connectivity index (χ1v) is 6.57. The van der Waals surface area contributed by atoms with E-state index in [1.807, 2.05) is 18.2 Å². The molecular weight excluding hydrogens is 230 g/mol. The lowest BCUT2D eigenvalue weighted by molar-refractivity contribution is 0.237. The second kappa shape index (κ2) is 6.61. The van der Waals surface area contributed by atoms with Gasteiger partial charge in [0.05, 0.1) is 19.8 Å². The van der Waals surface area contributed by atoms with Crippen LogP contribution in [0.4, 0.5) is 0 Å². The highest BCUT2D eigenvalue weighted by Crippen LogP contribution is 2.33. The minimum Gasteiger partial charge on any atom is -0.490 e. The topological polar surface area (TPSA) is 50.7 Å². The van der Waals surface area contributed by atoms with Crippen LogP contribution < -0.4 is 14.8 Å². The summed E-state index contributed by atoms with van der Waals surface area (Å²) in [6.07, 6.45) is 1.82. The van der Waals surface area contributed by atoms with Crippen molar-refractivity contribution in [2.45, 2.75) is 32.4 Å². The molecule has 1 aliphatic heterocycles. The van der Waals surface area contributed by atoms with E-state index in [-0.39, 0.29) is 12.6 Å². The molecule has 2 N–H and O–H groups in total. The summed E-state index contributed by atoms with van der Waals surface area (Å²) in [6, 6.07) is 6.08. The van der Waals surface area contributed by atoms with Crippen molar-refractivity contribution in [1.82, 2.24) is 5.32 Å². The van der Waals surface area contributed by atoms with Gasteiger partial charge in [0.2, 0.25) is 0 Å². The molecule has 18 heavy (non-hydrogen) atoms. The van der Waals surface area contributed by atoms with Crippen LogP contribution >= 0.6 is 0 Å². The Bertz CT molecular complexity index is 377. The van der Waals surface area contributed by atoms with Crippen LogP contribution in [0.15, 0.2) is 18.2 Å². The van der Waals surface area contributed by atoms with E-state index >= 15 is 0 Å². The van der Waals surface area contributed by atoms with Gasteiger partial charge in [-0.15, -0.1) is 0 Å². The second-order valence-electron chi connectivity index (χ2n) is 4.46. The number of hydrogen-bond donors (Lipinski definition) is 2. The summed E-state index contributed by atoms with van der Waals surface area (Å²) in [5.41, 5.74) is 1.08. The van der Waals surface area contributed by atoms with Crippen molar-refractivity contribution in [2.75, 3.05) is 19.8 Å². The van der Waals surface area contributed by atoms with E-state index in [0.29, 0.717) is 19.8 Å². The number of hydrogen-bond acceptors (Lipinski definition) is 4. The molecule has 1 atom stereocenters. The number of ether oxygens (including phenoxy) is 2. The maximum Gasteiger partial charge on any atom is 0.165 e. The van der Waals surface area contributed by atoms with Gasteiger partial charge in [-0.3, -0.25) is 0 Å². The monoisotopic (exact) mass is 251 g/mol. The lowest BCUT2D eigenvalue weighted by Crippen LogP contribution is -2.31. The summed E-state index contributed by atoms with van der Waals surface area (Å²) in [7, 11) is 0. The Morgan fingerprint density at radius 1 is 1.33 bits per heavy atom. The zero-order valence-electron chi connectivity index (χ0n) is 10.8. The van der Waals surface area contributed by atoms with Crippen LogP contribution in [0.3, 0.4) is 0 Å². The smallest absolute Gasteiger partial charge is 0.165 e. The first-order valence-electron chi connectivity index (χ1n) is 6.57. The molecule has 0 aliphatic carbocycles. The molecule has 1 heterocycles. The van der Waals surface area contributed by atoms with Gasteiger partial charge >= 0.3 is 0 Å². The summed E-state index contributed by atoms with van der Waals surface area (Å²) >= 11 is 0. The second-order valence-corrected chi connectivity index (χ2v) is 4.46. The van der Waals surface area contributed by atoms with Crippen LogP contribution in [0.2, 0.25) is 0 Å². The van der Waals surface area contributed by atoms with E-state index in [2.05, 4.69) is 12.2 Å². The van der Waals surface area contributed by atoms with Gasteiger partial charge in [0.25, 0.3) is 0 Å². The Kier molecular flexibility index (Phi) is 4.84. The van der Waals surface area contributed by atoms with Gasteiger partial charge in [-0.05, 0) is 12.5 Å². The van der Waals surface area contributed by atoms with Gasteiger partial charge in [0.15, 0.2) is 11.5 Å². The van der Waals surface area contributed by atoms with Crippen LogP contribution in [0, 0.1) is 0 Å². The standard InChI is InChI=1S/C14H21NO3/c1-2-12(10-16)15-9-11-5-3-6-13-14(11)18-8-4-7-17-13/h3,5-6,12,15-16H,2,4,7-10H2,1H3. The summed E-state index contributed by atoms with van der Waals surface area (Å²) in [4.78, 5) is 0. The molecule has 0 spiro atoms. The molecule has 0 radical (unpaired) electrons.